The molecule has 0 aromatic rings. The van der Waals surface area contributed by atoms with Crippen molar-refractivity contribution in [2.75, 3.05) is 5.75 Å². The molecule has 0 spiro atoms. The molecule has 0 amide bonds. The first kappa shape index (κ1) is 29.0. The largest absolute Gasteiger partial charge is 0.598 e. The van der Waals surface area contributed by atoms with E-state index in [4.69, 9.17) is 18.9 Å². The predicted octanol–water partition coefficient (Wildman–Crippen LogP) is 2.65. The summed E-state index contributed by atoms with van der Waals surface area (Å²) in [4.78, 5) is 36.1. The van der Waals surface area contributed by atoms with E-state index in [1.54, 1.807) is 0 Å². The van der Waals surface area contributed by atoms with Gasteiger partial charge in [0.15, 0.2) is 18.3 Å². The molecule has 2 aliphatic rings. The van der Waals surface area contributed by atoms with E-state index in [9.17, 15) is 18.9 Å². The van der Waals surface area contributed by atoms with Crippen molar-refractivity contribution in [3.8, 4) is 0 Å². The van der Waals surface area contributed by atoms with Gasteiger partial charge < -0.3 is 23.5 Å². The Kier molecular flexibility index (Phi) is 10.7. The third-order valence-electron chi connectivity index (χ3n) is 5.39. The lowest BCUT2D eigenvalue weighted by Gasteiger charge is -2.47. The molecule has 11 heteroatoms. The van der Waals surface area contributed by atoms with Gasteiger partial charge in [0.05, 0.1) is 6.04 Å². The Morgan fingerprint density at radius 1 is 1.03 bits per heavy atom. The molecule has 0 saturated carbocycles. The fraction of sp³-hybridized carbons (Fsp3) is 0.783. The van der Waals surface area contributed by atoms with Crippen molar-refractivity contribution in [2.24, 2.45) is 5.92 Å². The number of nitrogens with one attached hydrogen (secondary N) is 1. The number of hydrogen-bond donors (Lipinski definition) is 1. The summed E-state index contributed by atoms with van der Waals surface area (Å²) >= 11 is -0.0195. The first-order valence-electron chi connectivity index (χ1n) is 11.4. The molecule has 1 fully saturated rings. The summed E-state index contributed by atoms with van der Waals surface area (Å²) in [5, 5.41) is 0. The molecule has 2 rings (SSSR count). The van der Waals surface area contributed by atoms with Gasteiger partial charge in [0.1, 0.15) is 16.3 Å². The zero-order valence-corrected chi connectivity index (χ0v) is 22.5. The monoisotopic (exact) mass is 519 g/mol. The number of ether oxygens (including phenoxy) is 4. The van der Waals surface area contributed by atoms with Gasteiger partial charge >= 0.3 is 17.9 Å². The van der Waals surface area contributed by atoms with Crippen molar-refractivity contribution in [1.82, 2.24) is 4.72 Å². The molecule has 0 aliphatic carbocycles. The van der Waals surface area contributed by atoms with Crippen molar-refractivity contribution in [3.63, 3.8) is 0 Å². The molecular weight excluding hydrogens is 482 g/mol. The van der Waals surface area contributed by atoms with Gasteiger partial charge in [-0.05, 0) is 45.3 Å². The van der Waals surface area contributed by atoms with Crippen LogP contribution in [0.25, 0.3) is 0 Å². The van der Waals surface area contributed by atoms with E-state index < -0.39 is 69.9 Å². The summed E-state index contributed by atoms with van der Waals surface area (Å²) in [6.45, 7) is 11.3. The van der Waals surface area contributed by atoms with Crippen LogP contribution in [0.1, 0.15) is 61.3 Å². The molecular formula is C23H37NO8S2. The van der Waals surface area contributed by atoms with E-state index in [0.717, 1.165) is 12.8 Å². The summed E-state index contributed by atoms with van der Waals surface area (Å²) in [7, 11) is 0. The van der Waals surface area contributed by atoms with Gasteiger partial charge in [0.2, 0.25) is 0 Å². The van der Waals surface area contributed by atoms with Crippen molar-refractivity contribution in [2.45, 2.75) is 102 Å². The second kappa shape index (κ2) is 12.6. The van der Waals surface area contributed by atoms with Crippen LogP contribution in [-0.4, -0.2) is 68.9 Å². The minimum absolute atomic E-state index is 0.165. The molecule has 0 radical (unpaired) electrons. The maximum absolute atomic E-state index is 13.1. The normalized spacial score (nSPS) is 34.2. The minimum Gasteiger partial charge on any atom is -0.598 e. The molecule has 194 valence electrons. The second-order valence-corrected chi connectivity index (χ2v) is 12.7. The number of allylic oxidation sites excluding steroid dienone is 1. The summed E-state index contributed by atoms with van der Waals surface area (Å²) in [5.74, 6) is -1.23. The van der Waals surface area contributed by atoms with Gasteiger partial charge in [-0.3, -0.25) is 14.4 Å². The van der Waals surface area contributed by atoms with Gasteiger partial charge in [-0.2, -0.15) is 0 Å². The van der Waals surface area contributed by atoms with E-state index in [1.807, 2.05) is 33.8 Å². The molecule has 34 heavy (non-hydrogen) atoms. The van der Waals surface area contributed by atoms with Crippen LogP contribution in [0.4, 0.5) is 0 Å². The third kappa shape index (κ3) is 8.15. The quantitative estimate of drug-likeness (QED) is 0.251. The number of esters is 3. The van der Waals surface area contributed by atoms with Crippen LogP contribution in [-0.2, 0) is 44.7 Å². The first-order valence-corrected chi connectivity index (χ1v) is 13.6. The van der Waals surface area contributed by atoms with E-state index in [1.165, 1.54) is 32.5 Å². The number of fused-ring (bicyclic) bond motifs is 2. The van der Waals surface area contributed by atoms with Gasteiger partial charge in [-0.1, -0.05) is 19.1 Å². The predicted molar refractivity (Wildman–Crippen MR) is 130 cm³/mol. The average molecular weight is 520 g/mol. The van der Waals surface area contributed by atoms with Crippen LogP contribution in [0.15, 0.2) is 12.2 Å². The summed E-state index contributed by atoms with van der Waals surface area (Å²) in [5.41, 5.74) is -0.678. The maximum Gasteiger partial charge on any atom is 0.303 e. The third-order valence-corrected chi connectivity index (χ3v) is 8.22. The molecule has 1 saturated heterocycles. The molecule has 2 heterocycles. The highest BCUT2D eigenvalue weighted by Gasteiger charge is 2.55. The standard InChI is InChI=1S/C23H37NO8S2/c1-13-11-9-8-10-12-33-22-21(31-16(4)27)20(30-15(3)26)19(29-14(2)25)18(32-22)17(13)24-34(28)23(5,6)7/h9,11,13,17-22,24H,8,10,12H2,1-7H3/b11-9-/t13-,17-,18?,19?,20?,21?,22?,34-/m1/s1. The Hall–Kier alpha value is -1.27. The van der Waals surface area contributed by atoms with Gasteiger partial charge in [0.25, 0.3) is 0 Å². The number of carbonyl (C=O) groups is 3. The van der Waals surface area contributed by atoms with Crippen molar-refractivity contribution in [3.05, 3.63) is 12.2 Å². The molecule has 2 bridgehead atoms. The molecule has 5 unspecified atom stereocenters. The highest BCUT2D eigenvalue weighted by atomic mass is 32.2. The number of hydrogen-bond acceptors (Lipinski definition) is 10. The van der Waals surface area contributed by atoms with Crippen LogP contribution in [0, 0.1) is 5.92 Å². The average Bonchev–Trinajstić information content (AvgIpc) is 2.72. The second-order valence-electron chi connectivity index (χ2n) is 9.52. The Labute approximate surface area is 209 Å². The molecule has 1 N–H and O–H groups in total. The maximum atomic E-state index is 13.1. The Balaban J connectivity index is 2.60. The number of carbonyl (C=O) groups excluding carboxylic acids is 3. The summed E-state index contributed by atoms with van der Waals surface area (Å²) < 4.78 is 39.0. The number of thioether (sulfide) groups is 1. The molecule has 9 nitrogen and oxygen atoms in total. The van der Waals surface area contributed by atoms with E-state index in [0.29, 0.717) is 5.75 Å². The van der Waals surface area contributed by atoms with Crippen molar-refractivity contribution in [1.29, 1.82) is 0 Å². The van der Waals surface area contributed by atoms with Gasteiger partial charge in [0, 0.05) is 32.1 Å². The molecule has 0 aromatic heterocycles. The van der Waals surface area contributed by atoms with Crippen LogP contribution >= 0.6 is 11.8 Å². The van der Waals surface area contributed by atoms with Crippen LogP contribution in [0.3, 0.4) is 0 Å². The fourth-order valence-corrected chi connectivity index (χ4v) is 5.95. The van der Waals surface area contributed by atoms with Crippen molar-refractivity contribution < 1.29 is 37.9 Å². The van der Waals surface area contributed by atoms with E-state index >= 15 is 0 Å². The van der Waals surface area contributed by atoms with Gasteiger partial charge in [-0.15, -0.1) is 16.5 Å². The summed E-state index contributed by atoms with van der Waals surface area (Å²) in [6, 6.07) is -0.557. The van der Waals surface area contributed by atoms with Gasteiger partial charge in [-0.25, -0.2) is 0 Å². The smallest absolute Gasteiger partial charge is 0.303 e. The van der Waals surface area contributed by atoms with Crippen LogP contribution < -0.4 is 4.72 Å². The van der Waals surface area contributed by atoms with E-state index in [2.05, 4.69) is 10.8 Å². The fourth-order valence-electron chi connectivity index (χ4n) is 3.83. The lowest BCUT2D eigenvalue weighted by molar-refractivity contribution is -0.236. The molecule has 2 aliphatic heterocycles. The minimum atomic E-state index is -1.46. The van der Waals surface area contributed by atoms with Crippen LogP contribution in [0.5, 0.6) is 0 Å². The summed E-state index contributed by atoms with van der Waals surface area (Å²) in [6.07, 6.45) is 1.80. The lowest BCUT2D eigenvalue weighted by atomic mass is 9.88. The zero-order valence-electron chi connectivity index (χ0n) is 20.9. The SMILES string of the molecule is CC(=O)OC1C2OC(C(OC(C)=O)C1OC(C)=O)[C@H](N[S@+]([O-])C(C)(C)C)[C@H](C)/C=C\CCCS2. The topological polar surface area (TPSA) is 123 Å². The highest BCUT2D eigenvalue weighted by Crippen LogP contribution is 2.38. The molecule has 0 aromatic carbocycles. The van der Waals surface area contributed by atoms with Crippen LogP contribution in [0.2, 0.25) is 0 Å². The van der Waals surface area contributed by atoms with E-state index in [-0.39, 0.29) is 5.92 Å². The Morgan fingerprint density at radius 2 is 1.59 bits per heavy atom. The first-order chi connectivity index (χ1) is 15.8. The highest BCUT2D eigenvalue weighted by molar-refractivity contribution is 7.99. The Morgan fingerprint density at radius 3 is 2.15 bits per heavy atom. The van der Waals surface area contributed by atoms with Crippen molar-refractivity contribution >= 4 is 41.0 Å². The number of rotatable bonds is 5. The molecule has 8 atom stereocenters. The lowest BCUT2D eigenvalue weighted by Crippen LogP contribution is -2.66. The Bertz CT molecular complexity index is 756. The zero-order chi connectivity index (χ0) is 25.6.